The van der Waals surface area contributed by atoms with Crippen LogP contribution < -0.4 is 10.5 Å². The number of benzene rings is 3. The van der Waals surface area contributed by atoms with E-state index in [9.17, 15) is 9.90 Å². The molecule has 9 heteroatoms. The van der Waals surface area contributed by atoms with Crippen LogP contribution in [-0.2, 0) is 0 Å². The average Bonchev–Trinajstić information content (AvgIpc) is 2.88. The quantitative estimate of drug-likeness (QED) is 0.210. The first-order valence-electron chi connectivity index (χ1n) is 11.5. The van der Waals surface area contributed by atoms with Crippen LogP contribution in [0.1, 0.15) is 35.9 Å². The minimum Gasteiger partial charge on any atom is -0.512 e. The number of aliphatic hydroxyl groups is 1. The predicted molar refractivity (Wildman–Crippen MR) is 145 cm³/mol. The van der Waals surface area contributed by atoms with Gasteiger partial charge in [0, 0.05) is 27.1 Å². The fourth-order valence-corrected chi connectivity index (χ4v) is 4.51. The fourth-order valence-electron chi connectivity index (χ4n) is 3.87. The molecule has 0 aliphatic heterocycles. The molecule has 0 amide bonds. The van der Waals surface area contributed by atoms with Gasteiger partial charge in [-0.05, 0) is 47.5 Å². The van der Waals surface area contributed by atoms with E-state index in [-0.39, 0.29) is 24.0 Å². The third-order valence-electron chi connectivity index (χ3n) is 5.91. The summed E-state index contributed by atoms with van der Waals surface area (Å²) in [7, 11) is 0. The Kier molecular flexibility index (Phi) is 7.97. The van der Waals surface area contributed by atoms with Crippen molar-refractivity contribution in [1.29, 1.82) is 0 Å². The molecule has 0 radical (unpaired) electrons. The summed E-state index contributed by atoms with van der Waals surface area (Å²) in [4.78, 5) is 19.4. The van der Waals surface area contributed by atoms with Crippen LogP contribution in [0.25, 0.3) is 22.2 Å². The lowest BCUT2D eigenvalue weighted by Gasteiger charge is -2.22. The van der Waals surface area contributed by atoms with Crippen LogP contribution in [0.5, 0.6) is 5.75 Å². The van der Waals surface area contributed by atoms with Crippen LogP contribution in [-0.4, -0.2) is 32.8 Å². The molecule has 0 saturated heterocycles. The molecule has 1 atom stereocenters. The van der Waals surface area contributed by atoms with Crippen molar-refractivity contribution in [2.75, 3.05) is 6.61 Å². The number of nitrogens with two attached hydrogens (primary N) is 1. The second-order valence-electron chi connectivity index (χ2n) is 8.76. The number of aromatic carboxylic acids is 1. The number of carboxylic acid groups (broad SMARTS) is 1. The van der Waals surface area contributed by atoms with Gasteiger partial charge >= 0.3 is 5.97 Å². The second-order valence-corrected chi connectivity index (χ2v) is 9.57. The molecule has 37 heavy (non-hydrogen) atoms. The zero-order valence-electron chi connectivity index (χ0n) is 20.2. The molecule has 0 aliphatic carbocycles. The Labute approximate surface area is 224 Å². The number of fused-ring (bicyclic) bond motifs is 1. The van der Waals surface area contributed by atoms with E-state index in [0.717, 1.165) is 11.1 Å². The van der Waals surface area contributed by atoms with Crippen molar-refractivity contribution in [3.8, 4) is 16.9 Å². The van der Waals surface area contributed by atoms with Gasteiger partial charge in [-0.2, -0.15) is 0 Å². The summed E-state index contributed by atoms with van der Waals surface area (Å²) in [6.45, 7) is 3.77. The lowest BCUT2D eigenvalue weighted by molar-refractivity contribution is 0.0690. The highest BCUT2D eigenvalue weighted by Crippen LogP contribution is 2.35. The molecule has 4 rings (SSSR count). The maximum atomic E-state index is 11.1. The largest absolute Gasteiger partial charge is 0.512 e. The molecule has 0 fully saturated rings. The average molecular weight is 538 g/mol. The third-order valence-corrected chi connectivity index (χ3v) is 6.56. The molecule has 1 aromatic heterocycles. The van der Waals surface area contributed by atoms with Gasteiger partial charge in [-0.1, -0.05) is 61.3 Å². The van der Waals surface area contributed by atoms with Crippen molar-refractivity contribution in [3.05, 3.63) is 99.5 Å². The van der Waals surface area contributed by atoms with Gasteiger partial charge in [0.25, 0.3) is 0 Å². The Bertz CT molecular complexity index is 1470. The second kappa shape index (κ2) is 11.2. The van der Waals surface area contributed by atoms with E-state index in [1.165, 1.54) is 6.20 Å². The first-order chi connectivity index (χ1) is 17.7. The van der Waals surface area contributed by atoms with Crippen LogP contribution in [0.2, 0.25) is 10.0 Å². The fraction of sp³-hybridized carbons (Fsp3) is 0.179. The minimum atomic E-state index is -1.12. The summed E-state index contributed by atoms with van der Waals surface area (Å²) in [6, 6.07) is 17.3. The van der Waals surface area contributed by atoms with Crippen molar-refractivity contribution in [2.24, 2.45) is 11.7 Å². The maximum absolute atomic E-state index is 11.1. The Hall–Kier alpha value is -3.65. The summed E-state index contributed by atoms with van der Waals surface area (Å²) in [5.41, 5.74) is 10.3. The van der Waals surface area contributed by atoms with Crippen molar-refractivity contribution < 1.29 is 19.7 Å². The van der Waals surface area contributed by atoms with E-state index in [4.69, 9.17) is 38.8 Å². The molecule has 0 aliphatic rings. The molecule has 190 valence electrons. The topological polar surface area (TPSA) is 119 Å². The number of nitrogens with zero attached hydrogens (tertiary/aromatic N) is 2. The van der Waals surface area contributed by atoms with Gasteiger partial charge in [0.05, 0.1) is 29.0 Å². The molecule has 0 saturated carbocycles. The number of rotatable bonds is 8. The number of carboxylic acids is 1. The van der Waals surface area contributed by atoms with E-state index in [1.54, 1.807) is 24.3 Å². The van der Waals surface area contributed by atoms with Crippen LogP contribution in [0.15, 0.2) is 78.2 Å². The molecule has 1 unspecified atom stereocenters. The molecule has 4 N–H and O–H groups in total. The van der Waals surface area contributed by atoms with Crippen LogP contribution in [0.4, 0.5) is 0 Å². The van der Waals surface area contributed by atoms with Crippen molar-refractivity contribution >= 4 is 40.2 Å². The van der Waals surface area contributed by atoms with Crippen LogP contribution in [0.3, 0.4) is 0 Å². The van der Waals surface area contributed by atoms with Gasteiger partial charge in [0.2, 0.25) is 0 Å². The Morgan fingerprint density at radius 3 is 2.24 bits per heavy atom. The van der Waals surface area contributed by atoms with E-state index in [0.29, 0.717) is 38.0 Å². The highest BCUT2D eigenvalue weighted by Gasteiger charge is 2.23. The molecule has 1 heterocycles. The smallest absolute Gasteiger partial charge is 0.356 e. The molecule has 4 aromatic rings. The number of halogens is 2. The number of ether oxygens (including phenoxy) is 1. The lowest BCUT2D eigenvalue weighted by Crippen LogP contribution is -2.22. The summed E-state index contributed by atoms with van der Waals surface area (Å²) in [5, 5.41) is 20.7. The summed E-state index contributed by atoms with van der Waals surface area (Å²) >= 11 is 12.7. The van der Waals surface area contributed by atoms with Gasteiger partial charge in [0.15, 0.2) is 5.69 Å². The molecule has 0 spiro atoms. The van der Waals surface area contributed by atoms with E-state index in [1.807, 2.05) is 50.2 Å². The van der Waals surface area contributed by atoms with Crippen LogP contribution >= 0.6 is 23.2 Å². The standard InChI is InChI=1S/C28H25Cl2N3O4/c1-15(2)27(34)19(26(31)25-20(29)4-3-5-21(25)30)14-37-18-9-6-16(7-10-18)17-8-11-22-23(12-17)32-13-24(33-22)28(35)36/h3-13,15,26,34H,14,31H2,1-2H3,(H,35,36)/b27-19-. The lowest BCUT2D eigenvalue weighted by atomic mass is 9.95. The number of carbonyl (C=O) groups is 1. The Balaban J connectivity index is 1.54. The van der Waals surface area contributed by atoms with Crippen molar-refractivity contribution in [2.45, 2.75) is 19.9 Å². The number of hydrogen-bond acceptors (Lipinski definition) is 6. The van der Waals surface area contributed by atoms with Gasteiger partial charge in [0.1, 0.15) is 12.4 Å². The first kappa shape index (κ1) is 26.4. The van der Waals surface area contributed by atoms with E-state index < -0.39 is 12.0 Å². The number of hydrogen-bond donors (Lipinski definition) is 3. The molecule has 3 aromatic carbocycles. The number of allylic oxidation sites excluding steroid dienone is 1. The van der Waals surface area contributed by atoms with Crippen molar-refractivity contribution in [3.63, 3.8) is 0 Å². The Morgan fingerprint density at radius 2 is 1.62 bits per heavy atom. The van der Waals surface area contributed by atoms with Gasteiger partial charge in [-0.25, -0.2) is 9.78 Å². The summed E-state index contributed by atoms with van der Waals surface area (Å²) < 4.78 is 6.00. The van der Waals surface area contributed by atoms with Gasteiger partial charge in [-0.3, -0.25) is 4.98 Å². The summed E-state index contributed by atoms with van der Waals surface area (Å²) in [6.07, 6.45) is 1.24. The normalized spacial score (nSPS) is 12.9. The zero-order valence-corrected chi connectivity index (χ0v) is 21.7. The van der Waals surface area contributed by atoms with Crippen molar-refractivity contribution in [1.82, 2.24) is 9.97 Å². The number of aromatic nitrogens is 2. The van der Waals surface area contributed by atoms with Gasteiger partial charge in [-0.15, -0.1) is 0 Å². The third kappa shape index (κ3) is 5.85. The first-order valence-corrected chi connectivity index (χ1v) is 12.3. The minimum absolute atomic E-state index is 0.0452. The molecule has 0 bridgehead atoms. The maximum Gasteiger partial charge on any atom is 0.356 e. The monoisotopic (exact) mass is 537 g/mol. The van der Waals surface area contributed by atoms with Gasteiger partial charge < -0.3 is 20.7 Å². The molecular weight excluding hydrogens is 513 g/mol. The number of aliphatic hydroxyl groups excluding tert-OH is 1. The van der Waals surface area contributed by atoms with E-state index >= 15 is 0 Å². The molecular formula is C28H25Cl2N3O4. The SMILES string of the molecule is CC(C)/C(O)=C(\COc1ccc(-c2ccc3nc(C(=O)O)cnc3c2)cc1)C(N)c1c(Cl)cccc1Cl. The molecule has 7 nitrogen and oxygen atoms in total. The predicted octanol–water partition coefficient (Wildman–Crippen LogP) is 6.85. The highest BCUT2D eigenvalue weighted by molar-refractivity contribution is 6.36. The zero-order chi connectivity index (χ0) is 26.7. The van der Waals surface area contributed by atoms with Crippen LogP contribution in [0, 0.1) is 5.92 Å². The Morgan fingerprint density at radius 1 is 0.973 bits per heavy atom. The summed E-state index contributed by atoms with van der Waals surface area (Å²) in [5.74, 6) is -0.578. The highest BCUT2D eigenvalue weighted by atomic mass is 35.5. The van der Waals surface area contributed by atoms with E-state index in [2.05, 4.69) is 9.97 Å².